The van der Waals surface area contributed by atoms with Crippen LogP contribution in [0.2, 0.25) is 0 Å². The van der Waals surface area contributed by atoms with Gasteiger partial charge in [-0.2, -0.15) is 0 Å². The Morgan fingerprint density at radius 2 is 0.929 bits per heavy atom. The normalized spacial score (nSPS) is 20.5. The number of nitrogens with zero attached hydrogens (tertiary/aromatic N) is 10. The van der Waals surface area contributed by atoms with Crippen LogP contribution in [0.4, 0.5) is 31.5 Å². The zero-order valence-corrected chi connectivity index (χ0v) is 55.8. The standard InChI is InChI=1S/C24H28F2N2O.3C19H17N3O/c1-3-17-12-28(20-7-5-4-6-18(20)8-19(17)27-2)21(29)22-9-16-10-23(25,13-22)15-24(26,11-16)14-22;1-21-11-9-15-13-22(19(23)16-7-4-5-10-20-16)17-8-3-2-6-14(17)12-18(15)21;1-21-10-8-16-13-22(19(23)15-6-4-9-20-12-15)17-7-3-2-5-14(17)11-18(16)21;1-21-11-8-16-13-22(19(23)14-6-9-20-10-7-14)17-5-3-2-4-15(17)12-18(16)21/h3-7,16,27H,1,8-15H2,2H3;2-11H,12-13H2,1H3;2-10,12H,11,13H2,1H3;2-11H,12-13H2,1H3. The minimum Gasteiger partial charge on any atom is -0.391 e. The highest BCUT2D eigenvalue weighted by Crippen LogP contribution is 2.66. The summed E-state index contributed by atoms with van der Waals surface area (Å²) in [5, 5.41) is 3.24. The van der Waals surface area contributed by atoms with E-state index < -0.39 is 16.8 Å². The summed E-state index contributed by atoms with van der Waals surface area (Å²) in [6.45, 7) is 6.06. The highest BCUT2D eigenvalue weighted by molar-refractivity contribution is 6.08. The van der Waals surface area contributed by atoms with Gasteiger partial charge in [0, 0.05) is 161 Å². The average molecular weight is 1310 g/mol. The number of para-hydroxylation sites is 4. The number of alkyl halides is 2. The molecule has 4 amide bonds. The minimum absolute atomic E-state index is 0.0107. The first-order valence-electron chi connectivity index (χ1n) is 33.6. The second-order valence-corrected chi connectivity index (χ2v) is 27.2. The van der Waals surface area contributed by atoms with E-state index in [1.807, 2.05) is 119 Å². The second kappa shape index (κ2) is 26.7. The molecule has 4 saturated carbocycles. The molecule has 0 saturated heterocycles. The van der Waals surface area contributed by atoms with Crippen LogP contribution in [0.15, 0.2) is 231 Å². The van der Waals surface area contributed by atoms with Crippen LogP contribution < -0.4 is 24.9 Å². The van der Waals surface area contributed by atoms with Crippen molar-refractivity contribution >= 4 is 46.4 Å². The molecule has 18 rings (SSSR count). The number of benzene rings is 4. The molecule has 98 heavy (non-hydrogen) atoms. The van der Waals surface area contributed by atoms with E-state index >= 15 is 8.78 Å². The van der Waals surface area contributed by atoms with Crippen molar-refractivity contribution in [3.05, 3.63) is 304 Å². The maximum Gasteiger partial charge on any atom is 0.277 e. The molecule has 4 bridgehead atoms. The Morgan fingerprint density at radius 3 is 1.38 bits per heavy atom. The molecule has 10 aromatic rings. The van der Waals surface area contributed by atoms with Crippen LogP contribution in [0, 0.1) is 11.3 Å². The lowest BCUT2D eigenvalue weighted by Crippen LogP contribution is -2.64. The zero-order valence-electron chi connectivity index (χ0n) is 55.8. The SMILES string of the molecule is C=CC1=C(NC)Cc2ccccc2N(C(=O)C23CC4CC(F)(CC(F)(C4)C2)C3)C1.Cn1ccc2c1Cc1ccccc1N(C(=O)c1ccccn1)C2.Cn1ccc2c1Cc1ccccc1N(C(=O)c1cccnc1)C2.Cn1ccc2c1Cc1ccccc1N(C(=O)c1ccncc1)C2. The first-order valence-corrected chi connectivity index (χ1v) is 33.6. The van der Waals surface area contributed by atoms with E-state index in [2.05, 4.69) is 117 Å². The first kappa shape index (κ1) is 64.5. The molecule has 4 aromatic carbocycles. The molecule has 10 heterocycles. The number of likely N-dealkylation sites (N-methyl/N-ethyl adjacent to an activating group) is 1. The molecule has 0 spiro atoms. The Morgan fingerprint density at radius 1 is 0.469 bits per heavy atom. The van der Waals surface area contributed by atoms with E-state index in [0.717, 1.165) is 64.4 Å². The Labute approximate surface area is 570 Å². The fraction of sp³-hybridized carbons (Fsp3) is 0.272. The lowest BCUT2D eigenvalue weighted by atomic mass is 9.47. The monoisotopic (exact) mass is 1310 g/mol. The maximum absolute atomic E-state index is 15.5. The molecule has 6 aromatic heterocycles. The predicted octanol–water partition coefficient (Wildman–Crippen LogP) is 14.1. The van der Waals surface area contributed by atoms with Crippen LogP contribution in [-0.4, -0.2) is 77.2 Å². The summed E-state index contributed by atoms with van der Waals surface area (Å²) >= 11 is 0. The molecule has 496 valence electrons. The summed E-state index contributed by atoms with van der Waals surface area (Å²) in [4.78, 5) is 72.7. The lowest BCUT2D eigenvalue weighted by Gasteiger charge is -2.60. The topological polar surface area (TPSA) is 147 Å². The number of amides is 4. The highest BCUT2D eigenvalue weighted by Gasteiger charge is 2.67. The molecule has 8 aliphatic rings. The summed E-state index contributed by atoms with van der Waals surface area (Å²) in [7, 11) is 8.04. The third-order valence-electron chi connectivity index (χ3n) is 20.8. The van der Waals surface area contributed by atoms with Crippen LogP contribution in [0.3, 0.4) is 0 Å². The summed E-state index contributed by atoms with van der Waals surface area (Å²) < 4.78 is 37.4. The van der Waals surface area contributed by atoms with Gasteiger partial charge in [0.25, 0.3) is 17.7 Å². The van der Waals surface area contributed by atoms with E-state index in [1.165, 1.54) is 44.9 Å². The molecule has 15 nitrogen and oxygen atoms in total. The van der Waals surface area contributed by atoms with Crippen molar-refractivity contribution in [3.8, 4) is 0 Å². The number of anilines is 4. The largest absolute Gasteiger partial charge is 0.391 e. The number of aromatic nitrogens is 6. The van der Waals surface area contributed by atoms with E-state index in [1.54, 1.807) is 66.2 Å². The van der Waals surface area contributed by atoms with Crippen LogP contribution in [0.1, 0.15) is 126 Å². The maximum atomic E-state index is 15.5. The smallest absolute Gasteiger partial charge is 0.277 e. The molecule has 4 fully saturated rings. The second-order valence-electron chi connectivity index (χ2n) is 27.2. The van der Waals surface area contributed by atoms with Gasteiger partial charge in [-0.05, 0) is 161 Å². The number of pyridine rings is 3. The Bertz CT molecular complexity index is 4340. The average Bonchev–Trinajstić information content (AvgIpc) is 0.760. The Kier molecular flexibility index (Phi) is 17.6. The summed E-state index contributed by atoms with van der Waals surface area (Å²) in [5.74, 6) is -0.210. The van der Waals surface area contributed by atoms with E-state index in [0.29, 0.717) is 68.7 Å². The third-order valence-corrected chi connectivity index (χ3v) is 20.8. The Balaban J connectivity index is 0.000000112. The molecule has 0 radical (unpaired) electrons. The quantitative estimate of drug-likeness (QED) is 0.173. The fourth-order valence-electron chi connectivity index (χ4n) is 16.5. The van der Waals surface area contributed by atoms with Crippen LogP contribution in [-0.2, 0) is 71.3 Å². The van der Waals surface area contributed by atoms with Gasteiger partial charge in [-0.15, -0.1) is 0 Å². The number of hydrogen-bond donors (Lipinski definition) is 1. The molecular weight excluding hydrogens is 1230 g/mol. The van der Waals surface area contributed by atoms with Gasteiger partial charge >= 0.3 is 0 Å². The van der Waals surface area contributed by atoms with Gasteiger partial charge in [0.15, 0.2) is 0 Å². The van der Waals surface area contributed by atoms with Gasteiger partial charge in [0.05, 0.1) is 37.2 Å². The number of carbonyl (C=O) groups excluding carboxylic acids is 4. The van der Waals surface area contributed by atoms with Crippen LogP contribution in [0.5, 0.6) is 0 Å². The minimum atomic E-state index is -1.54. The molecular formula is C81H79F2N11O4. The number of nitrogens with one attached hydrogen (secondary N) is 1. The molecule has 2 unspecified atom stereocenters. The zero-order chi connectivity index (χ0) is 67.9. The van der Waals surface area contributed by atoms with E-state index in [9.17, 15) is 19.2 Å². The van der Waals surface area contributed by atoms with Gasteiger partial charge < -0.3 is 38.6 Å². The summed E-state index contributed by atoms with van der Waals surface area (Å²) in [6.07, 6.45) is 21.1. The lowest BCUT2D eigenvalue weighted by molar-refractivity contribution is -0.183. The molecule has 2 atom stereocenters. The van der Waals surface area contributed by atoms with Crippen molar-refractivity contribution in [2.24, 2.45) is 32.5 Å². The fourth-order valence-corrected chi connectivity index (χ4v) is 16.5. The van der Waals surface area contributed by atoms with Gasteiger partial charge in [0.1, 0.15) is 17.0 Å². The Hall–Kier alpha value is -10.8. The number of fused-ring (bicyclic) bond motifs is 7. The highest BCUT2D eigenvalue weighted by atomic mass is 19.2. The van der Waals surface area contributed by atoms with Crippen molar-refractivity contribution in [2.75, 3.05) is 33.2 Å². The summed E-state index contributed by atoms with van der Waals surface area (Å²) in [5.41, 5.74) is 15.4. The number of halogens is 2. The van der Waals surface area contributed by atoms with Gasteiger partial charge in [-0.25, -0.2) is 8.78 Å². The van der Waals surface area contributed by atoms with Crippen molar-refractivity contribution in [1.82, 2.24) is 34.0 Å². The van der Waals surface area contributed by atoms with E-state index in [4.69, 9.17) is 0 Å². The van der Waals surface area contributed by atoms with Crippen molar-refractivity contribution < 1.29 is 28.0 Å². The van der Waals surface area contributed by atoms with Gasteiger partial charge in [-0.1, -0.05) is 91.5 Å². The number of hydrogen-bond acceptors (Lipinski definition) is 8. The van der Waals surface area contributed by atoms with Crippen LogP contribution >= 0.6 is 0 Å². The van der Waals surface area contributed by atoms with Gasteiger partial charge in [0.2, 0.25) is 5.91 Å². The number of carbonyl (C=O) groups is 4. The summed E-state index contributed by atoms with van der Waals surface area (Å²) in [6, 6.07) is 51.1. The number of allylic oxidation sites excluding steroid dienone is 1. The van der Waals surface area contributed by atoms with Crippen molar-refractivity contribution in [1.29, 1.82) is 0 Å². The molecule has 4 aliphatic carbocycles. The predicted molar refractivity (Wildman–Crippen MR) is 378 cm³/mol. The van der Waals surface area contributed by atoms with Crippen LogP contribution in [0.25, 0.3) is 0 Å². The van der Waals surface area contributed by atoms with Crippen molar-refractivity contribution in [3.63, 3.8) is 0 Å². The third kappa shape index (κ3) is 12.6. The number of rotatable bonds is 6. The first-order chi connectivity index (χ1) is 47.5. The van der Waals surface area contributed by atoms with Crippen molar-refractivity contribution in [2.45, 2.75) is 95.2 Å². The molecule has 17 heteroatoms. The molecule has 4 aliphatic heterocycles. The molecule has 1 N–H and O–H groups in total. The number of aryl methyl sites for hydroxylation is 3. The van der Waals surface area contributed by atoms with Gasteiger partial charge in [-0.3, -0.25) is 34.1 Å². The van der Waals surface area contributed by atoms with E-state index in [-0.39, 0.29) is 48.8 Å².